The van der Waals surface area contributed by atoms with Gasteiger partial charge >= 0.3 is 0 Å². The van der Waals surface area contributed by atoms with Crippen molar-refractivity contribution in [3.63, 3.8) is 0 Å². The van der Waals surface area contributed by atoms with Gasteiger partial charge in [0.25, 0.3) is 0 Å². The lowest BCUT2D eigenvalue weighted by Crippen LogP contribution is -2.19. The van der Waals surface area contributed by atoms with Crippen molar-refractivity contribution in [2.24, 2.45) is 0 Å². The first-order valence-electron chi connectivity index (χ1n) is 6.44. The number of para-hydroxylation sites is 1. The molecular weight excluding hydrogens is 239 g/mol. The van der Waals surface area contributed by atoms with Crippen LogP contribution < -0.4 is 10.6 Å². The van der Waals surface area contributed by atoms with E-state index in [1.54, 1.807) is 12.1 Å². The Kier molecular flexibility index (Phi) is 4.05. The molecule has 0 heterocycles. The number of benzene rings is 2. The first-order chi connectivity index (χ1) is 9.11. The van der Waals surface area contributed by atoms with Crippen LogP contribution in [0.2, 0.25) is 0 Å². The van der Waals surface area contributed by atoms with Crippen LogP contribution in [-0.2, 0) is 13.0 Å². The van der Waals surface area contributed by atoms with Crippen LogP contribution in [0.15, 0.2) is 42.5 Å². The number of rotatable bonds is 4. The molecule has 0 bridgehead atoms. The van der Waals surface area contributed by atoms with Crippen LogP contribution >= 0.6 is 0 Å². The molecule has 0 atom stereocenters. The van der Waals surface area contributed by atoms with Crippen molar-refractivity contribution in [3.8, 4) is 0 Å². The van der Waals surface area contributed by atoms with Crippen molar-refractivity contribution < 1.29 is 4.39 Å². The van der Waals surface area contributed by atoms with Crippen LogP contribution in [0, 0.1) is 5.82 Å². The van der Waals surface area contributed by atoms with E-state index in [0.29, 0.717) is 17.9 Å². The highest BCUT2D eigenvalue weighted by Gasteiger charge is 2.11. The third-order valence-electron chi connectivity index (χ3n) is 3.25. The Morgan fingerprint density at radius 1 is 1.05 bits per heavy atom. The molecule has 0 amide bonds. The van der Waals surface area contributed by atoms with Gasteiger partial charge in [-0.2, -0.15) is 0 Å². The minimum atomic E-state index is -0.285. The number of nitrogen functional groups attached to an aromatic ring is 1. The van der Waals surface area contributed by atoms with E-state index in [1.807, 2.05) is 11.9 Å². The summed E-state index contributed by atoms with van der Waals surface area (Å²) in [4.78, 5) is 1.84. The predicted molar refractivity (Wildman–Crippen MR) is 78.7 cm³/mol. The summed E-state index contributed by atoms with van der Waals surface area (Å²) < 4.78 is 13.8. The van der Waals surface area contributed by atoms with Crippen LogP contribution in [0.1, 0.15) is 18.1 Å². The number of hydrogen-bond acceptors (Lipinski definition) is 2. The highest BCUT2D eigenvalue weighted by Crippen LogP contribution is 2.26. The average molecular weight is 258 g/mol. The molecule has 2 aromatic carbocycles. The third kappa shape index (κ3) is 3.05. The Hall–Kier alpha value is -2.03. The highest BCUT2D eigenvalue weighted by atomic mass is 19.1. The molecule has 2 rings (SSSR count). The Morgan fingerprint density at radius 2 is 1.68 bits per heavy atom. The molecule has 2 N–H and O–H groups in total. The molecule has 0 aliphatic carbocycles. The summed E-state index contributed by atoms with van der Waals surface area (Å²) in [7, 11) is 1.85. The zero-order valence-electron chi connectivity index (χ0n) is 11.4. The van der Waals surface area contributed by atoms with E-state index in [2.05, 4.69) is 31.2 Å². The van der Waals surface area contributed by atoms with Crippen molar-refractivity contribution in [2.45, 2.75) is 19.9 Å². The summed E-state index contributed by atoms with van der Waals surface area (Å²) in [5.74, 6) is -0.285. The van der Waals surface area contributed by atoms with E-state index in [0.717, 1.165) is 12.0 Å². The van der Waals surface area contributed by atoms with Gasteiger partial charge < -0.3 is 10.6 Å². The van der Waals surface area contributed by atoms with Crippen LogP contribution in [0.3, 0.4) is 0 Å². The maximum atomic E-state index is 13.8. The van der Waals surface area contributed by atoms with Gasteiger partial charge in [0.15, 0.2) is 0 Å². The van der Waals surface area contributed by atoms with Gasteiger partial charge in [0.1, 0.15) is 5.82 Å². The molecule has 0 saturated carbocycles. The molecule has 0 fully saturated rings. The monoisotopic (exact) mass is 258 g/mol. The number of nitrogens with zero attached hydrogens (tertiary/aromatic N) is 1. The SMILES string of the molecule is CCc1ccc(CN(C)c2c(N)cccc2F)cc1. The van der Waals surface area contributed by atoms with Crippen molar-refractivity contribution in [1.82, 2.24) is 0 Å². The minimum Gasteiger partial charge on any atom is -0.397 e. The van der Waals surface area contributed by atoms with Gasteiger partial charge in [-0.1, -0.05) is 37.3 Å². The first-order valence-corrected chi connectivity index (χ1v) is 6.44. The summed E-state index contributed by atoms with van der Waals surface area (Å²) in [5.41, 5.74) is 9.21. The fraction of sp³-hybridized carbons (Fsp3) is 0.250. The average Bonchev–Trinajstić information content (AvgIpc) is 2.39. The number of halogens is 1. The number of nitrogens with two attached hydrogens (primary N) is 1. The Bertz CT molecular complexity index is 529. The molecular formula is C16H19FN2. The molecule has 2 aromatic rings. The second kappa shape index (κ2) is 5.74. The zero-order valence-corrected chi connectivity index (χ0v) is 11.4. The van der Waals surface area contributed by atoms with Crippen molar-refractivity contribution in [1.29, 1.82) is 0 Å². The molecule has 0 aliphatic rings. The second-order valence-corrected chi connectivity index (χ2v) is 4.70. The van der Waals surface area contributed by atoms with E-state index in [9.17, 15) is 4.39 Å². The van der Waals surface area contributed by atoms with E-state index in [4.69, 9.17) is 5.73 Å². The van der Waals surface area contributed by atoms with Crippen LogP contribution in [-0.4, -0.2) is 7.05 Å². The molecule has 0 radical (unpaired) electrons. The fourth-order valence-electron chi connectivity index (χ4n) is 2.17. The van der Waals surface area contributed by atoms with Gasteiger partial charge in [-0.05, 0) is 29.7 Å². The normalized spacial score (nSPS) is 10.5. The number of aryl methyl sites for hydroxylation is 1. The van der Waals surface area contributed by atoms with Crippen LogP contribution in [0.25, 0.3) is 0 Å². The summed E-state index contributed by atoms with van der Waals surface area (Å²) >= 11 is 0. The molecule has 0 unspecified atom stereocenters. The molecule has 0 saturated heterocycles. The summed E-state index contributed by atoms with van der Waals surface area (Å²) in [5, 5.41) is 0. The molecule has 0 aliphatic heterocycles. The summed E-state index contributed by atoms with van der Waals surface area (Å²) in [6.45, 7) is 2.76. The molecule has 2 nitrogen and oxygen atoms in total. The lowest BCUT2D eigenvalue weighted by atomic mass is 10.1. The summed E-state index contributed by atoms with van der Waals surface area (Å²) in [6.07, 6.45) is 1.02. The van der Waals surface area contributed by atoms with Crippen molar-refractivity contribution in [2.75, 3.05) is 17.7 Å². The topological polar surface area (TPSA) is 29.3 Å². The van der Waals surface area contributed by atoms with Crippen molar-refractivity contribution in [3.05, 3.63) is 59.4 Å². The Morgan fingerprint density at radius 3 is 2.26 bits per heavy atom. The molecule has 19 heavy (non-hydrogen) atoms. The fourth-order valence-corrected chi connectivity index (χ4v) is 2.17. The number of anilines is 2. The lowest BCUT2D eigenvalue weighted by molar-refractivity contribution is 0.623. The van der Waals surface area contributed by atoms with Crippen molar-refractivity contribution >= 4 is 11.4 Å². The van der Waals surface area contributed by atoms with Gasteiger partial charge in [-0.3, -0.25) is 0 Å². The molecule has 3 heteroatoms. The molecule has 0 aromatic heterocycles. The summed E-state index contributed by atoms with van der Waals surface area (Å²) in [6, 6.07) is 13.1. The Labute approximate surface area is 113 Å². The van der Waals surface area contributed by atoms with Gasteiger partial charge in [0.05, 0.1) is 11.4 Å². The predicted octanol–water partition coefficient (Wildman–Crippen LogP) is 3.61. The van der Waals surface area contributed by atoms with Gasteiger partial charge in [-0.25, -0.2) is 4.39 Å². The van der Waals surface area contributed by atoms with E-state index >= 15 is 0 Å². The molecule has 0 spiro atoms. The maximum Gasteiger partial charge on any atom is 0.148 e. The largest absolute Gasteiger partial charge is 0.397 e. The van der Waals surface area contributed by atoms with Crippen LogP contribution in [0.4, 0.5) is 15.8 Å². The van der Waals surface area contributed by atoms with Crippen LogP contribution in [0.5, 0.6) is 0 Å². The molecule has 100 valence electrons. The second-order valence-electron chi connectivity index (χ2n) is 4.70. The Balaban J connectivity index is 2.18. The van der Waals surface area contributed by atoms with E-state index in [-0.39, 0.29) is 5.82 Å². The standard InChI is InChI=1S/C16H19FN2/c1-3-12-7-9-13(10-8-12)11-19(2)16-14(17)5-4-6-15(16)18/h4-10H,3,11,18H2,1-2H3. The quantitative estimate of drug-likeness (QED) is 0.849. The number of hydrogen-bond donors (Lipinski definition) is 1. The smallest absolute Gasteiger partial charge is 0.148 e. The van der Waals surface area contributed by atoms with Gasteiger partial charge in [0, 0.05) is 13.6 Å². The van der Waals surface area contributed by atoms with E-state index < -0.39 is 0 Å². The van der Waals surface area contributed by atoms with Gasteiger partial charge in [-0.15, -0.1) is 0 Å². The third-order valence-corrected chi connectivity index (χ3v) is 3.25. The van der Waals surface area contributed by atoms with E-state index in [1.165, 1.54) is 11.6 Å². The first kappa shape index (κ1) is 13.4. The maximum absolute atomic E-state index is 13.8. The highest BCUT2D eigenvalue weighted by molar-refractivity contribution is 5.67. The van der Waals surface area contributed by atoms with Gasteiger partial charge in [0.2, 0.25) is 0 Å². The lowest BCUT2D eigenvalue weighted by Gasteiger charge is -2.21. The minimum absolute atomic E-state index is 0.285. The zero-order chi connectivity index (χ0) is 13.8.